The zero-order valence-electron chi connectivity index (χ0n) is 7.95. The number of aromatic nitrogens is 2. The van der Waals surface area contributed by atoms with Crippen molar-refractivity contribution in [3.05, 3.63) is 17.5 Å². The Morgan fingerprint density at radius 3 is 2.62 bits per heavy atom. The molecule has 3 nitrogen and oxygen atoms in total. The normalized spacial score (nSPS) is 17.9. The van der Waals surface area contributed by atoms with E-state index in [4.69, 9.17) is 5.73 Å². The van der Waals surface area contributed by atoms with Crippen molar-refractivity contribution in [1.82, 2.24) is 9.97 Å². The fourth-order valence-corrected chi connectivity index (χ4v) is 2.05. The van der Waals surface area contributed by atoms with Crippen LogP contribution >= 0.6 is 0 Å². The summed E-state index contributed by atoms with van der Waals surface area (Å²) in [4.78, 5) is 8.36. The molecule has 0 bridgehead atoms. The van der Waals surface area contributed by atoms with E-state index in [2.05, 4.69) is 16.0 Å². The van der Waals surface area contributed by atoms with Crippen molar-refractivity contribution in [3.63, 3.8) is 0 Å². The highest BCUT2D eigenvalue weighted by atomic mass is 15.0. The summed E-state index contributed by atoms with van der Waals surface area (Å²) in [6, 6.07) is 2.06. The van der Waals surface area contributed by atoms with Crippen LogP contribution in [-0.2, 0) is 0 Å². The van der Waals surface area contributed by atoms with Gasteiger partial charge in [0.25, 0.3) is 0 Å². The van der Waals surface area contributed by atoms with Crippen molar-refractivity contribution >= 4 is 5.95 Å². The summed E-state index contributed by atoms with van der Waals surface area (Å²) in [5.74, 6) is 1.05. The third-order valence-electron chi connectivity index (χ3n) is 2.66. The molecule has 1 saturated carbocycles. The first-order valence-corrected chi connectivity index (χ1v) is 4.87. The van der Waals surface area contributed by atoms with Crippen LogP contribution in [0.1, 0.15) is 43.0 Å². The van der Waals surface area contributed by atoms with Gasteiger partial charge in [0.2, 0.25) is 5.95 Å². The minimum absolute atomic E-state index is 0.418. The van der Waals surface area contributed by atoms with E-state index in [-0.39, 0.29) is 0 Å². The maximum atomic E-state index is 5.60. The average Bonchev–Trinajstić information content (AvgIpc) is 2.53. The lowest BCUT2D eigenvalue weighted by atomic mass is 10.0. The minimum atomic E-state index is 0.418. The number of aryl methyl sites for hydroxylation is 1. The molecular weight excluding hydrogens is 162 g/mol. The van der Waals surface area contributed by atoms with Gasteiger partial charge in [-0.15, -0.1) is 0 Å². The van der Waals surface area contributed by atoms with Gasteiger partial charge in [0.05, 0.1) is 0 Å². The molecule has 1 aliphatic carbocycles. The van der Waals surface area contributed by atoms with Gasteiger partial charge in [-0.05, 0) is 25.8 Å². The number of nitrogens with zero attached hydrogens (tertiary/aromatic N) is 2. The van der Waals surface area contributed by atoms with Crippen LogP contribution in [-0.4, -0.2) is 9.97 Å². The van der Waals surface area contributed by atoms with Crippen LogP contribution in [0, 0.1) is 6.92 Å². The molecule has 3 heteroatoms. The number of nitrogen functional groups attached to an aromatic ring is 1. The molecule has 1 aliphatic rings. The Bertz CT molecular complexity index is 283. The predicted molar refractivity (Wildman–Crippen MR) is 52.4 cm³/mol. The number of hydrogen-bond acceptors (Lipinski definition) is 3. The second-order valence-electron chi connectivity index (χ2n) is 3.77. The first-order chi connectivity index (χ1) is 6.25. The molecule has 2 N–H and O–H groups in total. The van der Waals surface area contributed by atoms with Gasteiger partial charge in [0.1, 0.15) is 0 Å². The molecule has 70 valence electrons. The number of anilines is 1. The van der Waals surface area contributed by atoms with E-state index in [1.807, 2.05) is 6.92 Å². The molecule has 1 fully saturated rings. The van der Waals surface area contributed by atoms with E-state index in [0.29, 0.717) is 11.9 Å². The van der Waals surface area contributed by atoms with E-state index in [0.717, 1.165) is 11.4 Å². The highest BCUT2D eigenvalue weighted by molar-refractivity contribution is 5.24. The van der Waals surface area contributed by atoms with Gasteiger partial charge in [-0.2, -0.15) is 0 Å². The molecule has 1 heterocycles. The smallest absolute Gasteiger partial charge is 0.220 e. The van der Waals surface area contributed by atoms with Crippen molar-refractivity contribution < 1.29 is 0 Å². The Morgan fingerprint density at radius 1 is 1.31 bits per heavy atom. The van der Waals surface area contributed by atoms with Crippen LogP contribution in [0.5, 0.6) is 0 Å². The van der Waals surface area contributed by atoms with Crippen molar-refractivity contribution in [3.8, 4) is 0 Å². The van der Waals surface area contributed by atoms with Crippen molar-refractivity contribution in [2.45, 2.75) is 38.5 Å². The molecule has 0 atom stereocenters. The SMILES string of the molecule is Cc1cc(C2CCCC2)nc(N)n1. The van der Waals surface area contributed by atoms with Crippen LogP contribution in [0.4, 0.5) is 5.95 Å². The fraction of sp³-hybridized carbons (Fsp3) is 0.600. The summed E-state index contributed by atoms with van der Waals surface area (Å²) >= 11 is 0. The monoisotopic (exact) mass is 177 g/mol. The summed E-state index contributed by atoms with van der Waals surface area (Å²) < 4.78 is 0. The van der Waals surface area contributed by atoms with Gasteiger partial charge in [-0.3, -0.25) is 0 Å². The highest BCUT2D eigenvalue weighted by Crippen LogP contribution is 2.33. The maximum absolute atomic E-state index is 5.60. The van der Waals surface area contributed by atoms with Gasteiger partial charge in [-0.25, -0.2) is 9.97 Å². The zero-order chi connectivity index (χ0) is 9.26. The maximum Gasteiger partial charge on any atom is 0.220 e. The second kappa shape index (κ2) is 3.32. The first-order valence-electron chi connectivity index (χ1n) is 4.87. The Balaban J connectivity index is 2.28. The summed E-state index contributed by atoms with van der Waals surface area (Å²) in [5.41, 5.74) is 7.73. The summed E-state index contributed by atoms with van der Waals surface area (Å²) in [7, 11) is 0. The number of nitrogens with two attached hydrogens (primary N) is 1. The van der Waals surface area contributed by atoms with Crippen molar-refractivity contribution in [1.29, 1.82) is 0 Å². The lowest BCUT2D eigenvalue weighted by Gasteiger charge is -2.08. The molecule has 2 rings (SSSR count). The van der Waals surface area contributed by atoms with Gasteiger partial charge in [0, 0.05) is 17.3 Å². The molecular formula is C10H15N3. The van der Waals surface area contributed by atoms with Crippen LogP contribution in [0.3, 0.4) is 0 Å². The molecule has 13 heavy (non-hydrogen) atoms. The van der Waals surface area contributed by atoms with E-state index in [9.17, 15) is 0 Å². The Hall–Kier alpha value is -1.12. The van der Waals surface area contributed by atoms with Crippen molar-refractivity contribution in [2.24, 2.45) is 0 Å². The van der Waals surface area contributed by atoms with E-state index in [1.54, 1.807) is 0 Å². The minimum Gasteiger partial charge on any atom is -0.368 e. The van der Waals surface area contributed by atoms with Crippen molar-refractivity contribution in [2.75, 3.05) is 5.73 Å². The number of rotatable bonds is 1. The third kappa shape index (κ3) is 1.79. The quantitative estimate of drug-likeness (QED) is 0.714. The summed E-state index contributed by atoms with van der Waals surface area (Å²) in [6.07, 6.45) is 5.17. The highest BCUT2D eigenvalue weighted by Gasteiger charge is 2.18. The standard InChI is InChI=1S/C10H15N3/c1-7-6-9(13-10(11)12-7)8-4-2-3-5-8/h6,8H,2-5H2,1H3,(H2,11,12,13). The lowest BCUT2D eigenvalue weighted by molar-refractivity contribution is 0.694. The molecule has 1 aromatic rings. The van der Waals surface area contributed by atoms with Crippen LogP contribution in [0.15, 0.2) is 6.07 Å². The molecule has 0 amide bonds. The third-order valence-corrected chi connectivity index (χ3v) is 2.66. The topological polar surface area (TPSA) is 51.8 Å². The average molecular weight is 177 g/mol. The van der Waals surface area contributed by atoms with Gasteiger partial charge in [-0.1, -0.05) is 12.8 Å². The summed E-state index contributed by atoms with van der Waals surface area (Å²) in [5, 5.41) is 0. The molecule has 1 aromatic heterocycles. The van der Waals surface area contributed by atoms with Crippen LogP contribution < -0.4 is 5.73 Å². The van der Waals surface area contributed by atoms with Gasteiger partial charge < -0.3 is 5.73 Å². The molecule has 0 aromatic carbocycles. The van der Waals surface area contributed by atoms with E-state index in [1.165, 1.54) is 25.7 Å². The number of hydrogen-bond donors (Lipinski definition) is 1. The predicted octanol–water partition coefficient (Wildman–Crippen LogP) is 2.02. The molecule has 0 unspecified atom stereocenters. The summed E-state index contributed by atoms with van der Waals surface area (Å²) in [6.45, 7) is 1.97. The van der Waals surface area contributed by atoms with Gasteiger partial charge in [0.15, 0.2) is 0 Å². The Kier molecular flexibility index (Phi) is 2.17. The molecule has 0 spiro atoms. The molecule has 0 radical (unpaired) electrons. The first kappa shape index (κ1) is 8.48. The Labute approximate surface area is 78.4 Å². The fourth-order valence-electron chi connectivity index (χ4n) is 2.05. The Morgan fingerprint density at radius 2 is 2.00 bits per heavy atom. The van der Waals surface area contributed by atoms with Crippen LogP contribution in [0.25, 0.3) is 0 Å². The zero-order valence-corrected chi connectivity index (χ0v) is 7.95. The molecule has 0 saturated heterocycles. The van der Waals surface area contributed by atoms with Gasteiger partial charge >= 0.3 is 0 Å². The second-order valence-corrected chi connectivity index (χ2v) is 3.77. The van der Waals surface area contributed by atoms with Crippen LogP contribution in [0.2, 0.25) is 0 Å². The largest absolute Gasteiger partial charge is 0.368 e. The molecule has 0 aliphatic heterocycles. The van der Waals surface area contributed by atoms with E-state index >= 15 is 0 Å². The lowest BCUT2D eigenvalue weighted by Crippen LogP contribution is -2.03. The van der Waals surface area contributed by atoms with E-state index < -0.39 is 0 Å².